The minimum Gasteiger partial charge on any atom is -0.488 e. The maximum Gasteiger partial charge on any atom is 0.410 e. The molecule has 0 radical (unpaired) electrons. The number of nitrogens with zero attached hydrogens (tertiary/aromatic N) is 5. The molecule has 1 atom stereocenters. The number of carbonyl (C=O) groups excluding carboxylic acids is 2. The van der Waals surface area contributed by atoms with Crippen LogP contribution in [0.4, 0.5) is 22.0 Å². The normalized spacial score (nSPS) is 19.6. The van der Waals surface area contributed by atoms with E-state index in [-0.39, 0.29) is 30.0 Å². The Morgan fingerprint density at radius 2 is 1.88 bits per heavy atom. The van der Waals surface area contributed by atoms with Crippen LogP contribution in [0.5, 0.6) is 5.75 Å². The number of nitrogens with one attached hydrogen (secondary N) is 1. The van der Waals surface area contributed by atoms with Crippen molar-refractivity contribution >= 4 is 35.4 Å². The van der Waals surface area contributed by atoms with Crippen LogP contribution in [0.15, 0.2) is 29.5 Å². The summed E-state index contributed by atoms with van der Waals surface area (Å²) in [6.07, 6.45) is 8.74. The molecule has 1 aliphatic carbocycles. The minimum atomic E-state index is -0.542. The van der Waals surface area contributed by atoms with Crippen molar-refractivity contribution in [2.75, 3.05) is 49.3 Å². The van der Waals surface area contributed by atoms with Gasteiger partial charge in [0.1, 0.15) is 29.0 Å². The van der Waals surface area contributed by atoms with E-state index in [9.17, 15) is 9.59 Å². The standard InChI is InChI=1S/C30H41N7O5/c1-30(2,3)42-29(39)37(20-5-6-20)21-7-10-36(18-21)27-17-33-25(16-34-27)28(38)35-24-13-19(15-32-4)23(31)14-26(24)41-22-8-11-40-12-9-22/h13-17,20-22H,5-12,18,31H2,1-4H3,(H,35,38)/t21-/m1/s1. The molecule has 0 unspecified atom stereocenters. The second kappa shape index (κ2) is 12.5. The van der Waals surface area contributed by atoms with Crippen LogP contribution < -0.4 is 20.7 Å². The lowest BCUT2D eigenvalue weighted by atomic mass is 10.1. The van der Waals surface area contributed by atoms with Gasteiger partial charge in [-0.2, -0.15) is 0 Å². The summed E-state index contributed by atoms with van der Waals surface area (Å²) in [6, 6.07) is 3.73. The largest absolute Gasteiger partial charge is 0.488 e. The third kappa shape index (κ3) is 7.28. The Morgan fingerprint density at radius 1 is 1.12 bits per heavy atom. The highest BCUT2D eigenvalue weighted by Crippen LogP contribution is 2.34. The first kappa shape index (κ1) is 29.6. The zero-order valence-electron chi connectivity index (χ0n) is 24.8. The second-order valence-corrected chi connectivity index (χ2v) is 12.0. The lowest BCUT2D eigenvalue weighted by Gasteiger charge is -2.31. The van der Waals surface area contributed by atoms with Crippen molar-refractivity contribution in [3.8, 4) is 5.75 Å². The van der Waals surface area contributed by atoms with Crippen LogP contribution in [0.1, 0.15) is 68.9 Å². The molecule has 0 spiro atoms. The summed E-state index contributed by atoms with van der Waals surface area (Å²) >= 11 is 0. The summed E-state index contributed by atoms with van der Waals surface area (Å²) in [5, 5.41) is 2.92. The molecule has 12 nitrogen and oxygen atoms in total. The van der Waals surface area contributed by atoms with Crippen LogP contribution in [0, 0.1) is 0 Å². The molecule has 3 N–H and O–H groups in total. The average Bonchev–Trinajstić information content (AvgIpc) is 3.66. The van der Waals surface area contributed by atoms with E-state index in [1.165, 1.54) is 6.20 Å². The smallest absolute Gasteiger partial charge is 0.410 e. The molecule has 1 aromatic heterocycles. The molecule has 2 saturated heterocycles. The predicted molar refractivity (Wildman–Crippen MR) is 161 cm³/mol. The van der Waals surface area contributed by atoms with E-state index in [1.807, 2.05) is 25.7 Å². The summed E-state index contributed by atoms with van der Waals surface area (Å²) in [7, 11) is 1.66. The average molecular weight is 580 g/mol. The Kier molecular flexibility index (Phi) is 8.81. The number of anilines is 3. The van der Waals surface area contributed by atoms with Gasteiger partial charge in [0.15, 0.2) is 0 Å². The van der Waals surface area contributed by atoms with Gasteiger partial charge >= 0.3 is 6.09 Å². The van der Waals surface area contributed by atoms with E-state index < -0.39 is 11.5 Å². The zero-order valence-corrected chi connectivity index (χ0v) is 24.8. The maximum absolute atomic E-state index is 13.2. The first-order valence-electron chi connectivity index (χ1n) is 14.6. The van der Waals surface area contributed by atoms with Gasteiger partial charge in [-0.1, -0.05) is 0 Å². The fraction of sp³-hybridized carbons (Fsp3) is 0.567. The van der Waals surface area contributed by atoms with Crippen LogP contribution >= 0.6 is 0 Å². The quantitative estimate of drug-likeness (QED) is 0.351. The van der Waals surface area contributed by atoms with Gasteiger partial charge < -0.3 is 35.1 Å². The lowest BCUT2D eigenvalue weighted by Crippen LogP contribution is -2.46. The summed E-state index contributed by atoms with van der Waals surface area (Å²) in [5.41, 5.74) is 7.50. The highest BCUT2D eigenvalue weighted by molar-refractivity contribution is 6.04. The van der Waals surface area contributed by atoms with Crippen molar-refractivity contribution in [3.05, 3.63) is 35.8 Å². The molecule has 1 saturated carbocycles. The summed E-state index contributed by atoms with van der Waals surface area (Å²) in [6.45, 7) is 8.28. The number of hydrogen-bond acceptors (Lipinski definition) is 10. The predicted octanol–water partition coefficient (Wildman–Crippen LogP) is 3.90. The van der Waals surface area contributed by atoms with Crippen molar-refractivity contribution in [1.82, 2.24) is 14.9 Å². The third-order valence-corrected chi connectivity index (χ3v) is 7.46. The summed E-state index contributed by atoms with van der Waals surface area (Å²) < 4.78 is 17.3. The zero-order chi connectivity index (χ0) is 29.9. The number of aliphatic imine (C=N–C) groups is 1. The number of ether oxygens (including phenoxy) is 3. The van der Waals surface area contributed by atoms with Crippen molar-refractivity contribution in [3.63, 3.8) is 0 Å². The van der Waals surface area contributed by atoms with Gasteiger partial charge in [0.05, 0.1) is 37.3 Å². The third-order valence-electron chi connectivity index (χ3n) is 7.46. The van der Waals surface area contributed by atoms with Crippen molar-refractivity contribution in [2.24, 2.45) is 4.99 Å². The summed E-state index contributed by atoms with van der Waals surface area (Å²) in [5.74, 6) is 0.726. The Labute approximate surface area is 246 Å². The molecular weight excluding hydrogens is 538 g/mol. The number of benzene rings is 1. The number of aromatic nitrogens is 2. The fourth-order valence-corrected chi connectivity index (χ4v) is 5.26. The number of rotatable bonds is 8. The van der Waals surface area contributed by atoms with Crippen molar-refractivity contribution in [2.45, 2.75) is 76.7 Å². The van der Waals surface area contributed by atoms with Crippen molar-refractivity contribution in [1.29, 1.82) is 0 Å². The van der Waals surface area contributed by atoms with Gasteiger partial charge in [-0.05, 0) is 46.1 Å². The highest BCUT2D eigenvalue weighted by Gasteiger charge is 2.42. The molecule has 3 aliphatic rings. The summed E-state index contributed by atoms with van der Waals surface area (Å²) in [4.78, 5) is 43.2. The van der Waals surface area contributed by atoms with E-state index >= 15 is 0 Å². The Hall–Kier alpha value is -3.93. The van der Waals surface area contributed by atoms with Gasteiger partial charge in [0.25, 0.3) is 5.91 Å². The molecule has 3 fully saturated rings. The van der Waals surface area contributed by atoms with Gasteiger partial charge in [-0.25, -0.2) is 14.8 Å². The molecule has 226 valence electrons. The molecular formula is C30H41N7O5. The molecule has 5 rings (SSSR count). The Bertz CT molecular complexity index is 1300. The van der Waals surface area contributed by atoms with E-state index in [1.54, 1.807) is 31.6 Å². The van der Waals surface area contributed by atoms with Crippen LogP contribution in [-0.4, -0.2) is 90.2 Å². The SMILES string of the molecule is CN=Cc1cc(NC(=O)c2cnc(N3CC[C@@H](N(C(=O)OC(C)(C)C)C4CC4)C3)cn2)c(OC2CCOCC2)cc1N. The van der Waals surface area contributed by atoms with Gasteiger partial charge in [0, 0.05) is 62.6 Å². The number of carbonyl (C=O) groups is 2. The number of nitrogen functional groups attached to an aromatic ring is 1. The van der Waals surface area contributed by atoms with Crippen LogP contribution in [0.2, 0.25) is 0 Å². The molecule has 2 aromatic rings. The maximum atomic E-state index is 13.2. The molecule has 1 aromatic carbocycles. The first-order chi connectivity index (χ1) is 20.1. The Balaban J connectivity index is 1.26. The number of amides is 2. The minimum absolute atomic E-state index is 0.0333. The van der Waals surface area contributed by atoms with Crippen LogP contribution in [-0.2, 0) is 9.47 Å². The second-order valence-electron chi connectivity index (χ2n) is 12.0. The van der Waals surface area contributed by atoms with E-state index in [4.69, 9.17) is 19.9 Å². The van der Waals surface area contributed by atoms with E-state index in [0.717, 1.165) is 38.6 Å². The van der Waals surface area contributed by atoms with Gasteiger partial charge in [-0.15, -0.1) is 0 Å². The monoisotopic (exact) mass is 579 g/mol. The molecule has 0 bridgehead atoms. The molecule has 2 aliphatic heterocycles. The fourth-order valence-electron chi connectivity index (χ4n) is 5.26. The highest BCUT2D eigenvalue weighted by atomic mass is 16.6. The lowest BCUT2D eigenvalue weighted by molar-refractivity contribution is 0.0158. The van der Waals surface area contributed by atoms with E-state index in [0.29, 0.717) is 48.3 Å². The molecule has 12 heteroatoms. The van der Waals surface area contributed by atoms with Gasteiger partial charge in [0.2, 0.25) is 0 Å². The molecule has 42 heavy (non-hydrogen) atoms. The Morgan fingerprint density at radius 3 is 2.52 bits per heavy atom. The van der Waals surface area contributed by atoms with Crippen LogP contribution in [0.25, 0.3) is 0 Å². The van der Waals surface area contributed by atoms with Crippen LogP contribution in [0.3, 0.4) is 0 Å². The van der Waals surface area contributed by atoms with E-state index in [2.05, 4.69) is 25.2 Å². The number of hydrogen-bond donors (Lipinski definition) is 2. The van der Waals surface area contributed by atoms with Crippen molar-refractivity contribution < 1.29 is 23.8 Å². The first-order valence-corrected chi connectivity index (χ1v) is 14.6. The van der Waals surface area contributed by atoms with Gasteiger partial charge in [-0.3, -0.25) is 9.79 Å². The topological polar surface area (TPSA) is 145 Å². The molecule has 3 heterocycles. The number of nitrogens with two attached hydrogens (primary N) is 1. The molecule has 2 amide bonds.